The monoisotopic (exact) mass is 230 g/mol. The number of aliphatic hydroxyl groups is 1. The highest BCUT2D eigenvalue weighted by molar-refractivity contribution is 5.74. The van der Waals surface area contributed by atoms with Crippen LogP contribution in [0, 0.1) is 5.92 Å². The molecule has 1 atom stereocenters. The summed E-state index contributed by atoms with van der Waals surface area (Å²) in [5.41, 5.74) is 0. The molecule has 16 heavy (non-hydrogen) atoms. The van der Waals surface area contributed by atoms with Crippen molar-refractivity contribution in [1.29, 1.82) is 0 Å². The number of hydrogen-bond acceptors (Lipinski definition) is 2. The van der Waals surface area contributed by atoms with E-state index in [4.69, 9.17) is 5.11 Å². The number of nitrogens with one attached hydrogen (secondary N) is 1. The van der Waals surface area contributed by atoms with Crippen molar-refractivity contribution in [3.63, 3.8) is 0 Å². The summed E-state index contributed by atoms with van der Waals surface area (Å²) >= 11 is 0. The lowest BCUT2D eigenvalue weighted by molar-refractivity contribution is 0.157. The SMILES string of the molecule is CC(C)CCCCNC(=O)N(C)C(C)CO. The normalized spacial score (nSPS) is 12.6. The maximum Gasteiger partial charge on any atom is 0.317 e. The van der Waals surface area contributed by atoms with Crippen LogP contribution in [-0.2, 0) is 0 Å². The first-order valence-corrected chi connectivity index (χ1v) is 6.10. The zero-order chi connectivity index (χ0) is 12.6. The molecule has 0 rings (SSSR count). The molecule has 0 aliphatic heterocycles. The number of likely N-dealkylation sites (N-methyl/N-ethyl adjacent to an activating group) is 1. The van der Waals surface area contributed by atoms with Gasteiger partial charge in [-0.2, -0.15) is 0 Å². The van der Waals surface area contributed by atoms with Crippen molar-refractivity contribution >= 4 is 6.03 Å². The summed E-state index contributed by atoms with van der Waals surface area (Å²) in [5, 5.41) is 11.8. The predicted octanol–water partition coefficient (Wildman–Crippen LogP) is 1.83. The van der Waals surface area contributed by atoms with Crippen molar-refractivity contribution in [2.75, 3.05) is 20.2 Å². The van der Waals surface area contributed by atoms with Crippen LogP contribution in [0.2, 0.25) is 0 Å². The predicted molar refractivity (Wildman–Crippen MR) is 66.4 cm³/mol. The van der Waals surface area contributed by atoms with Crippen LogP contribution in [0.5, 0.6) is 0 Å². The molecule has 1 unspecified atom stereocenters. The first-order chi connectivity index (χ1) is 7.49. The fourth-order valence-electron chi connectivity index (χ4n) is 1.32. The van der Waals surface area contributed by atoms with E-state index in [1.54, 1.807) is 7.05 Å². The molecule has 4 nitrogen and oxygen atoms in total. The molecular formula is C12H26N2O2. The van der Waals surface area contributed by atoms with Gasteiger partial charge in [0.25, 0.3) is 0 Å². The van der Waals surface area contributed by atoms with Crippen LogP contribution in [0.15, 0.2) is 0 Å². The Morgan fingerprint density at radius 2 is 1.94 bits per heavy atom. The van der Waals surface area contributed by atoms with Crippen molar-refractivity contribution in [3.05, 3.63) is 0 Å². The number of unbranched alkanes of at least 4 members (excludes halogenated alkanes) is 1. The third kappa shape index (κ3) is 6.67. The molecule has 0 aromatic carbocycles. The van der Waals surface area contributed by atoms with Gasteiger partial charge < -0.3 is 15.3 Å². The van der Waals surface area contributed by atoms with Crippen LogP contribution in [0.4, 0.5) is 4.79 Å². The maximum atomic E-state index is 11.5. The van der Waals surface area contributed by atoms with Crippen LogP contribution in [-0.4, -0.2) is 42.3 Å². The number of hydrogen-bond donors (Lipinski definition) is 2. The second-order valence-corrected chi connectivity index (χ2v) is 4.76. The number of urea groups is 1. The molecule has 0 aromatic heterocycles. The minimum absolute atomic E-state index is 0.00271. The summed E-state index contributed by atoms with van der Waals surface area (Å²) in [4.78, 5) is 13.1. The average molecular weight is 230 g/mol. The Hall–Kier alpha value is -0.770. The number of rotatable bonds is 7. The maximum absolute atomic E-state index is 11.5. The summed E-state index contributed by atoms with van der Waals surface area (Å²) < 4.78 is 0. The number of carbonyl (C=O) groups excluding carboxylic acids is 1. The molecule has 96 valence electrons. The van der Waals surface area contributed by atoms with Crippen LogP contribution >= 0.6 is 0 Å². The van der Waals surface area contributed by atoms with Gasteiger partial charge in [-0.15, -0.1) is 0 Å². The molecule has 0 saturated carbocycles. The number of aliphatic hydroxyl groups excluding tert-OH is 1. The molecule has 0 saturated heterocycles. The highest BCUT2D eigenvalue weighted by Gasteiger charge is 2.13. The molecule has 0 aromatic rings. The van der Waals surface area contributed by atoms with Gasteiger partial charge in [-0.05, 0) is 19.3 Å². The van der Waals surface area contributed by atoms with Gasteiger partial charge in [-0.25, -0.2) is 4.79 Å². The fourth-order valence-corrected chi connectivity index (χ4v) is 1.32. The lowest BCUT2D eigenvalue weighted by atomic mass is 10.1. The van der Waals surface area contributed by atoms with E-state index < -0.39 is 0 Å². The Kier molecular flexibility index (Phi) is 7.99. The molecule has 0 bridgehead atoms. The van der Waals surface area contributed by atoms with Gasteiger partial charge >= 0.3 is 6.03 Å². The molecule has 2 N–H and O–H groups in total. The molecular weight excluding hydrogens is 204 g/mol. The molecule has 4 heteroatoms. The molecule has 0 aliphatic carbocycles. The van der Waals surface area contributed by atoms with Crippen molar-refractivity contribution < 1.29 is 9.90 Å². The standard InChI is InChI=1S/C12H26N2O2/c1-10(2)7-5-6-8-13-12(16)14(4)11(3)9-15/h10-11,15H,5-9H2,1-4H3,(H,13,16). The van der Waals surface area contributed by atoms with Gasteiger partial charge in [0.05, 0.1) is 12.6 Å². The average Bonchev–Trinajstić information content (AvgIpc) is 2.25. The Labute approximate surface area is 99.0 Å². The Balaban J connectivity index is 3.57. The third-order valence-electron chi connectivity index (χ3n) is 2.73. The second-order valence-electron chi connectivity index (χ2n) is 4.76. The lowest BCUT2D eigenvalue weighted by Crippen LogP contribution is -2.44. The van der Waals surface area contributed by atoms with E-state index in [0.29, 0.717) is 6.54 Å². The van der Waals surface area contributed by atoms with Gasteiger partial charge in [0, 0.05) is 13.6 Å². The van der Waals surface area contributed by atoms with E-state index >= 15 is 0 Å². The Morgan fingerprint density at radius 1 is 1.31 bits per heavy atom. The number of amides is 2. The lowest BCUT2D eigenvalue weighted by Gasteiger charge is -2.23. The smallest absolute Gasteiger partial charge is 0.317 e. The van der Waals surface area contributed by atoms with Gasteiger partial charge in [-0.1, -0.05) is 26.7 Å². The van der Waals surface area contributed by atoms with Crippen molar-refractivity contribution in [2.45, 2.75) is 46.1 Å². The topological polar surface area (TPSA) is 52.6 Å². The first kappa shape index (κ1) is 15.2. The Morgan fingerprint density at radius 3 is 2.44 bits per heavy atom. The van der Waals surface area contributed by atoms with Gasteiger partial charge in [0.15, 0.2) is 0 Å². The Bertz CT molecular complexity index is 195. The molecule has 0 heterocycles. The largest absolute Gasteiger partial charge is 0.394 e. The molecule has 0 fully saturated rings. The van der Waals surface area contributed by atoms with Crippen molar-refractivity contribution in [1.82, 2.24) is 10.2 Å². The zero-order valence-electron chi connectivity index (χ0n) is 11.0. The van der Waals surface area contributed by atoms with Crippen molar-refractivity contribution in [3.8, 4) is 0 Å². The van der Waals surface area contributed by atoms with E-state index in [1.165, 1.54) is 11.3 Å². The summed E-state index contributed by atoms with van der Waals surface area (Å²) in [6.45, 7) is 6.94. The summed E-state index contributed by atoms with van der Waals surface area (Å²) in [6.07, 6.45) is 3.38. The number of nitrogens with zero attached hydrogens (tertiary/aromatic N) is 1. The second kappa shape index (κ2) is 8.39. The first-order valence-electron chi connectivity index (χ1n) is 6.10. The molecule has 2 amide bonds. The summed E-state index contributed by atoms with van der Waals surface area (Å²) in [6, 6.07) is -0.234. The summed E-state index contributed by atoms with van der Waals surface area (Å²) in [5.74, 6) is 0.729. The van der Waals surface area contributed by atoms with Crippen LogP contribution < -0.4 is 5.32 Å². The van der Waals surface area contributed by atoms with Crippen LogP contribution in [0.3, 0.4) is 0 Å². The van der Waals surface area contributed by atoms with E-state index in [1.807, 2.05) is 6.92 Å². The number of carbonyl (C=O) groups is 1. The zero-order valence-corrected chi connectivity index (χ0v) is 11.0. The summed E-state index contributed by atoms with van der Waals surface area (Å²) in [7, 11) is 1.70. The van der Waals surface area contributed by atoms with Gasteiger partial charge in [0.1, 0.15) is 0 Å². The minimum atomic E-state index is -0.129. The highest BCUT2D eigenvalue weighted by Crippen LogP contribution is 2.05. The molecule has 0 radical (unpaired) electrons. The van der Waals surface area contributed by atoms with E-state index in [-0.39, 0.29) is 18.7 Å². The fraction of sp³-hybridized carbons (Fsp3) is 0.917. The van der Waals surface area contributed by atoms with Crippen LogP contribution in [0.25, 0.3) is 0 Å². The molecule has 0 aliphatic rings. The third-order valence-corrected chi connectivity index (χ3v) is 2.73. The van der Waals surface area contributed by atoms with Gasteiger partial charge in [0.2, 0.25) is 0 Å². The minimum Gasteiger partial charge on any atom is -0.394 e. The molecule has 0 spiro atoms. The highest BCUT2D eigenvalue weighted by atomic mass is 16.3. The quantitative estimate of drug-likeness (QED) is 0.656. The van der Waals surface area contributed by atoms with Crippen LogP contribution in [0.1, 0.15) is 40.0 Å². The van der Waals surface area contributed by atoms with Gasteiger partial charge in [-0.3, -0.25) is 0 Å². The van der Waals surface area contributed by atoms with E-state index in [0.717, 1.165) is 18.8 Å². The van der Waals surface area contributed by atoms with E-state index in [9.17, 15) is 4.79 Å². The van der Waals surface area contributed by atoms with Crippen molar-refractivity contribution in [2.24, 2.45) is 5.92 Å². The van der Waals surface area contributed by atoms with E-state index in [2.05, 4.69) is 19.2 Å².